The van der Waals surface area contributed by atoms with Gasteiger partial charge in [-0.3, -0.25) is 5.32 Å². The van der Waals surface area contributed by atoms with E-state index in [9.17, 15) is 4.79 Å². The first kappa shape index (κ1) is 12.3. The minimum atomic E-state index is -0.552. The molecular formula is C10H12INO3. The molecule has 0 spiro atoms. The maximum atomic E-state index is 11.1. The van der Waals surface area contributed by atoms with Gasteiger partial charge in [0.05, 0.1) is 6.61 Å². The highest BCUT2D eigenvalue weighted by atomic mass is 127. The fourth-order valence-corrected chi connectivity index (χ4v) is 1.48. The van der Waals surface area contributed by atoms with E-state index in [4.69, 9.17) is 5.11 Å². The van der Waals surface area contributed by atoms with Gasteiger partial charge in [0.25, 0.3) is 0 Å². The Balaban J connectivity index is 2.57. The van der Waals surface area contributed by atoms with Crippen molar-refractivity contribution < 1.29 is 14.6 Å². The van der Waals surface area contributed by atoms with Gasteiger partial charge in [0.2, 0.25) is 0 Å². The molecule has 0 aromatic heterocycles. The molecule has 0 aliphatic carbocycles. The van der Waals surface area contributed by atoms with Gasteiger partial charge in [-0.15, -0.1) is 0 Å². The summed E-state index contributed by atoms with van der Waals surface area (Å²) in [4.78, 5) is 11.1. The molecule has 0 heterocycles. The summed E-state index contributed by atoms with van der Waals surface area (Å²) < 4.78 is 5.74. The number of hydrogen-bond acceptors (Lipinski definition) is 3. The lowest BCUT2D eigenvalue weighted by molar-refractivity contribution is 0.131. The van der Waals surface area contributed by atoms with E-state index in [0.29, 0.717) is 5.69 Å². The second kappa shape index (κ2) is 5.92. The third-order valence-electron chi connectivity index (χ3n) is 1.74. The van der Waals surface area contributed by atoms with Crippen molar-refractivity contribution in [3.05, 3.63) is 27.3 Å². The lowest BCUT2D eigenvalue weighted by Gasteiger charge is -2.07. The molecule has 5 heteroatoms. The number of hydrogen-bond donors (Lipinski definition) is 2. The number of anilines is 1. The minimum Gasteiger partial charge on any atom is -0.447 e. The molecule has 1 aromatic carbocycles. The van der Waals surface area contributed by atoms with E-state index in [1.165, 1.54) is 0 Å². The van der Waals surface area contributed by atoms with Crippen LogP contribution in [0.3, 0.4) is 0 Å². The number of aryl methyl sites for hydroxylation is 1. The molecule has 15 heavy (non-hydrogen) atoms. The summed E-state index contributed by atoms with van der Waals surface area (Å²) >= 11 is 2.19. The van der Waals surface area contributed by atoms with E-state index >= 15 is 0 Å². The Labute approximate surface area is 102 Å². The summed E-state index contributed by atoms with van der Waals surface area (Å²) in [6.45, 7) is 1.84. The molecule has 0 radical (unpaired) electrons. The summed E-state index contributed by atoms with van der Waals surface area (Å²) in [5, 5.41) is 11.0. The second-order valence-electron chi connectivity index (χ2n) is 2.95. The van der Waals surface area contributed by atoms with E-state index in [-0.39, 0.29) is 13.2 Å². The largest absolute Gasteiger partial charge is 0.447 e. The molecule has 2 N–H and O–H groups in total. The van der Waals surface area contributed by atoms with Crippen molar-refractivity contribution in [2.75, 3.05) is 18.5 Å². The number of carbonyl (C=O) groups is 1. The predicted octanol–water partition coefficient (Wildman–Crippen LogP) is 2.14. The fourth-order valence-electron chi connectivity index (χ4n) is 0.963. The van der Waals surface area contributed by atoms with Crippen molar-refractivity contribution in [2.24, 2.45) is 0 Å². The Hall–Kier alpha value is -0.820. The Morgan fingerprint density at radius 1 is 1.60 bits per heavy atom. The van der Waals surface area contributed by atoms with Crippen LogP contribution in [-0.4, -0.2) is 24.4 Å². The quantitative estimate of drug-likeness (QED) is 0.839. The van der Waals surface area contributed by atoms with Gasteiger partial charge >= 0.3 is 6.09 Å². The molecule has 1 amide bonds. The molecule has 0 aliphatic heterocycles. The van der Waals surface area contributed by atoms with Crippen molar-refractivity contribution >= 4 is 34.4 Å². The van der Waals surface area contributed by atoms with Crippen molar-refractivity contribution in [2.45, 2.75) is 6.92 Å². The van der Waals surface area contributed by atoms with E-state index in [2.05, 4.69) is 32.6 Å². The van der Waals surface area contributed by atoms with Crippen molar-refractivity contribution in [1.29, 1.82) is 0 Å². The van der Waals surface area contributed by atoms with Crippen LogP contribution in [0.1, 0.15) is 5.56 Å². The summed E-state index contributed by atoms with van der Waals surface area (Å²) in [7, 11) is 0. The van der Waals surface area contributed by atoms with Gasteiger partial charge in [-0.05, 0) is 47.2 Å². The van der Waals surface area contributed by atoms with Crippen LogP contribution in [0.25, 0.3) is 0 Å². The molecule has 0 aliphatic rings. The molecule has 0 bridgehead atoms. The van der Waals surface area contributed by atoms with Crippen molar-refractivity contribution in [1.82, 2.24) is 0 Å². The van der Waals surface area contributed by atoms with E-state index in [0.717, 1.165) is 9.13 Å². The lowest BCUT2D eigenvalue weighted by atomic mass is 10.2. The van der Waals surface area contributed by atoms with Crippen molar-refractivity contribution in [3.63, 3.8) is 0 Å². The zero-order valence-electron chi connectivity index (χ0n) is 8.29. The van der Waals surface area contributed by atoms with Gasteiger partial charge < -0.3 is 9.84 Å². The average molecular weight is 321 g/mol. The third kappa shape index (κ3) is 4.05. The number of halogens is 1. The molecule has 0 unspecified atom stereocenters. The second-order valence-corrected chi connectivity index (χ2v) is 4.11. The number of rotatable bonds is 3. The van der Waals surface area contributed by atoms with Gasteiger partial charge in [0.1, 0.15) is 6.61 Å². The first-order valence-corrected chi connectivity index (χ1v) is 5.52. The van der Waals surface area contributed by atoms with Crippen LogP contribution in [0.15, 0.2) is 18.2 Å². The van der Waals surface area contributed by atoms with Gasteiger partial charge in [0, 0.05) is 9.26 Å². The summed E-state index contributed by atoms with van der Waals surface area (Å²) in [6, 6.07) is 5.58. The zero-order valence-corrected chi connectivity index (χ0v) is 10.4. The molecule has 1 aromatic rings. The number of amides is 1. The van der Waals surface area contributed by atoms with Crippen LogP contribution < -0.4 is 5.32 Å². The molecular weight excluding hydrogens is 309 g/mol. The number of aliphatic hydroxyl groups excluding tert-OH is 1. The monoisotopic (exact) mass is 321 g/mol. The first-order valence-electron chi connectivity index (χ1n) is 4.44. The minimum absolute atomic E-state index is 0.00872. The summed E-state index contributed by atoms with van der Waals surface area (Å²) in [6.07, 6.45) is -0.552. The van der Waals surface area contributed by atoms with Crippen LogP contribution in [0.4, 0.5) is 10.5 Å². The fraction of sp³-hybridized carbons (Fsp3) is 0.300. The predicted molar refractivity (Wildman–Crippen MR) is 66.0 cm³/mol. The molecule has 4 nitrogen and oxygen atoms in total. The smallest absolute Gasteiger partial charge is 0.411 e. The SMILES string of the molecule is Cc1ccc(NC(=O)OCCO)cc1I. The van der Waals surface area contributed by atoms with Gasteiger partial charge in [-0.25, -0.2) is 4.79 Å². The van der Waals surface area contributed by atoms with Crippen LogP contribution in [-0.2, 0) is 4.74 Å². The molecule has 0 saturated heterocycles. The molecule has 1 rings (SSSR count). The zero-order chi connectivity index (χ0) is 11.3. The standard InChI is InChI=1S/C10H12INO3/c1-7-2-3-8(6-9(7)11)12-10(14)15-5-4-13/h2-3,6,13H,4-5H2,1H3,(H,12,14). The molecule has 0 atom stereocenters. The van der Waals surface area contributed by atoms with E-state index in [1.807, 2.05) is 19.1 Å². The number of carbonyl (C=O) groups excluding carboxylic acids is 1. The Kier molecular flexibility index (Phi) is 4.83. The van der Waals surface area contributed by atoms with Crippen LogP contribution in [0.5, 0.6) is 0 Å². The van der Waals surface area contributed by atoms with Crippen LogP contribution in [0.2, 0.25) is 0 Å². The molecule has 0 saturated carbocycles. The third-order valence-corrected chi connectivity index (χ3v) is 2.90. The number of ether oxygens (including phenoxy) is 1. The van der Waals surface area contributed by atoms with E-state index in [1.54, 1.807) is 6.07 Å². The highest BCUT2D eigenvalue weighted by Crippen LogP contribution is 2.17. The number of aliphatic hydroxyl groups is 1. The van der Waals surface area contributed by atoms with E-state index < -0.39 is 6.09 Å². The Morgan fingerprint density at radius 2 is 2.33 bits per heavy atom. The Morgan fingerprint density at radius 3 is 2.93 bits per heavy atom. The van der Waals surface area contributed by atoms with Gasteiger partial charge in [-0.1, -0.05) is 6.07 Å². The average Bonchev–Trinajstić information content (AvgIpc) is 2.20. The van der Waals surface area contributed by atoms with Crippen LogP contribution >= 0.6 is 22.6 Å². The first-order chi connectivity index (χ1) is 7.13. The maximum Gasteiger partial charge on any atom is 0.411 e. The number of nitrogens with one attached hydrogen (secondary N) is 1. The summed E-state index contributed by atoms with van der Waals surface area (Å²) in [5.74, 6) is 0. The summed E-state index contributed by atoms with van der Waals surface area (Å²) in [5.41, 5.74) is 1.85. The highest BCUT2D eigenvalue weighted by Gasteiger charge is 2.03. The van der Waals surface area contributed by atoms with Crippen LogP contribution in [0, 0.1) is 10.5 Å². The topological polar surface area (TPSA) is 58.6 Å². The number of benzene rings is 1. The maximum absolute atomic E-state index is 11.1. The van der Waals surface area contributed by atoms with Gasteiger partial charge in [0.15, 0.2) is 0 Å². The highest BCUT2D eigenvalue weighted by molar-refractivity contribution is 14.1. The molecule has 82 valence electrons. The normalized spacial score (nSPS) is 9.80. The molecule has 0 fully saturated rings. The Bertz CT molecular complexity index is 355. The van der Waals surface area contributed by atoms with Gasteiger partial charge in [-0.2, -0.15) is 0 Å². The lowest BCUT2D eigenvalue weighted by Crippen LogP contribution is -2.15. The van der Waals surface area contributed by atoms with Crippen molar-refractivity contribution in [3.8, 4) is 0 Å².